The number of nitrogens with zero attached hydrogens (tertiary/aromatic N) is 4. The number of hydrogen-bond donors (Lipinski definition) is 0. The van der Waals surface area contributed by atoms with E-state index in [0.717, 1.165) is 50.5 Å². The maximum Gasteiger partial charge on any atom is 0.197 e. The SMILES string of the molecule is [C-]#[N+]c1cc2c(cc1[N+]#[C-])C(=O)C(=Cc1cc3c(C)c4sc5cc(C=C6C(=O)c7cc(C#N)c(C#N)cc7C6=O)sc5c4c(C)c3s1)C2=O. The van der Waals surface area contributed by atoms with E-state index in [-0.39, 0.29) is 55.9 Å². The van der Waals surface area contributed by atoms with Gasteiger partial charge < -0.3 is 0 Å². The summed E-state index contributed by atoms with van der Waals surface area (Å²) in [6, 6.07) is 13.0. The minimum Gasteiger partial charge on any atom is -0.288 e. The van der Waals surface area contributed by atoms with Crippen molar-refractivity contribution in [2.75, 3.05) is 0 Å². The lowest BCUT2D eigenvalue weighted by Crippen LogP contribution is -1.99. The zero-order valence-electron chi connectivity index (χ0n) is 25.3. The van der Waals surface area contributed by atoms with E-state index >= 15 is 0 Å². The van der Waals surface area contributed by atoms with Gasteiger partial charge in [0.25, 0.3) is 0 Å². The number of nitriles is 2. The van der Waals surface area contributed by atoms with Crippen molar-refractivity contribution < 1.29 is 19.2 Å². The summed E-state index contributed by atoms with van der Waals surface area (Å²) in [5.74, 6) is -1.88. The molecule has 3 aromatic heterocycles. The Morgan fingerprint density at radius 3 is 1.57 bits per heavy atom. The van der Waals surface area contributed by atoms with Gasteiger partial charge in [-0.15, -0.1) is 34.0 Å². The molecule has 0 saturated carbocycles. The molecule has 3 heterocycles. The molecule has 0 aliphatic heterocycles. The van der Waals surface area contributed by atoms with E-state index in [1.54, 1.807) is 23.5 Å². The lowest BCUT2D eigenvalue weighted by molar-refractivity contribution is 0.0975. The highest BCUT2D eigenvalue weighted by molar-refractivity contribution is 7.33. The summed E-state index contributed by atoms with van der Waals surface area (Å²) in [6.45, 7) is 18.7. The number of ketones is 4. The minimum absolute atomic E-state index is 0.000847. The molecule has 0 bridgehead atoms. The lowest BCUT2D eigenvalue weighted by Gasteiger charge is -2.04. The van der Waals surface area contributed by atoms with Crippen molar-refractivity contribution in [1.29, 1.82) is 10.5 Å². The first-order chi connectivity index (χ1) is 23.6. The van der Waals surface area contributed by atoms with E-state index in [2.05, 4.69) is 9.69 Å². The van der Waals surface area contributed by atoms with Crippen LogP contribution in [0.2, 0.25) is 0 Å². The van der Waals surface area contributed by atoms with Crippen molar-refractivity contribution in [3.63, 3.8) is 0 Å². The first-order valence-electron chi connectivity index (χ1n) is 14.5. The molecule has 0 N–H and O–H groups in total. The summed E-state index contributed by atoms with van der Waals surface area (Å²) >= 11 is 4.54. The summed E-state index contributed by atoms with van der Waals surface area (Å²) < 4.78 is 4.11. The number of benzene rings is 3. The molecule has 0 unspecified atom stereocenters. The largest absolute Gasteiger partial charge is 0.288 e. The van der Waals surface area contributed by atoms with E-state index < -0.39 is 23.1 Å². The highest BCUT2D eigenvalue weighted by Gasteiger charge is 2.36. The molecular formula is C38H14N4O4S3. The normalized spacial score (nSPS) is 13.5. The smallest absolute Gasteiger partial charge is 0.197 e. The van der Waals surface area contributed by atoms with Crippen LogP contribution in [0.15, 0.2) is 47.5 Å². The van der Waals surface area contributed by atoms with Crippen LogP contribution in [0.25, 0.3) is 51.4 Å². The summed E-state index contributed by atoms with van der Waals surface area (Å²) in [7, 11) is 0. The van der Waals surface area contributed by atoms with Gasteiger partial charge in [0.05, 0.1) is 40.1 Å². The topological polar surface area (TPSA) is 125 Å². The highest BCUT2D eigenvalue weighted by atomic mass is 32.1. The molecule has 3 aromatic carbocycles. The number of fused-ring (bicyclic) bond motifs is 6. The number of allylic oxidation sites excluding steroid dienone is 2. The van der Waals surface area contributed by atoms with Gasteiger partial charge in [0.1, 0.15) is 12.1 Å². The Labute approximate surface area is 289 Å². The maximum atomic E-state index is 13.3. The lowest BCUT2D eigenvalue weighted by atomic mass is 10.0. The molecule has 0 spiro atoms. The molecule has 0 fully saturated rings. The van der Waals surface area contributed by atoms with Crippen molar-refractivity contribution in [2.24, 2.45) is 0 Å². The van der Waals surface area contributed by atoms with Crippen LogP contribution in [0.5, 0.6) is 0 Å². The monoisotopic (exact) mass is 686 g/mol. The molecule has 6 aromatic rings. The maximum absolute atomic E-state index is 13.3. The third kappa shape index (κ3) is 4.15. The molecule has 2 aliphatic rings. The second-order valence-electron chi connectivity index (χ2n) is 11.5. The van der Waals surface area contributed by atoms with Crippen molar-refractivity contribution in [3.05, 3.63) is 125 Å². The fourth-order valence-corrected chi connectivity index (χ4v) is 10.4. The van der Waals surface area contributed by atoms with E-state index in [1.807, 2.05) is 38.1 Å². The number of carbonyl (C=O) groups is 4. The fraction of sp³-hybridized carbons (Fsp3) is 0.0526. The number of aryl methyl sites for hydroxylation is 2. The van der Waals surface area contributed by atoms with Crippen LogP contribution in [-0.2, 0) is 0 Å². The van der Waals surface area contributed by atoms with Crippen LogP contribution in [0.1, 0.15) is 73.4 Å². The summed E-state index contributed by atoms with van der Waals surface area (Å²) in [5, 5.41) is 20.8. The van der Waals surface area contributed by atoms with Gasteiger partial charge in [0.2, 0.25) is 0 Å². The molecule has 0 amide bonds. The van der Waals surface area contributed by atoms with Gasteiger partial charge in [-0.2, -0.15) is 10.5 Å². The van der Waals surface area contributed by atoms with Gasteiger partial charge >= 0.3 is 0 Å². The van der Waals surface area contributed by atoms with Crippen molar-refractivity contribution in [1.82, 2.24) is 0 Å². The van der Waals surface area contributed by atoms with Crippen LogP contribution >= 0.6 is 34.0 Å². The van der Waals surface area contributed by atoms with Crippen LogP contribution in [-0.4, -0.2) is 23.1 Å². The van der Waals surface area contributed by atoms with Crippen molar-refractivity contribution >= 4 is 110 Å². The molecule has 0 atom stereocenters. The van der Waals surface area contributed by atoms with Gasteiger partial charge in [-0.1, -0.05) is 12.1 Å². The molecule has 0 radical (unpaired) electrons. The molecular weight excluding hydrogens is 673 g/mol. The second-order valence-corrected chi connectivity index (χ2v) is 14.7. The Morgan fingerprint density at radius 2 is 1.08 bits per heavy atom. The third-order valence-electron chi connectivity index (χ3n) is 8.88. The Balaban J connectivity index is 1.20. The van der Waals surface area contributed by atoms with Gasteiger partial charge in [-0.3, -0.25) is 28.9 Å². The standard InChI is InChI=1S/C38H14N4O4S3/c1-15-21-7-19(8-26-34(45)24-11-28(41-3)29(42-4)12-25(24)35(26)46)47-36(21)16(2)31-37(15)49-30-10-20(48-38(30)31)9-27-32(43)22-5-17(13-39)18(14-40)6-23(22)33(27)44/h5-12H,1-2H3. The van der Waals surface area contributed by atoms with Crippen LogP contribution in [0, 0.1) is 49.7 Å². The van der Waals surface area contributed by atoms with Crippen molar-refractivity contribution in [3.8, 4) is 12.1 Å². The number of carbonyl (C=O) groups excluding carboxylic acids is 4. The quantitative estimate of drug-likeness (QED) is 0.101. The highest BCUT2D eigenvalue weighted by Crippen LogP contribution is 2.48. The van der Waals surface area contributed by atoms with Crippen molar-refractivity contribution in [2.45, 2.75) is 13.8 Å². The Kier molecular flexibility index (Phi) is 6.49. The molecule has 11 heteroatoms. The van der Waals surface area contributed by atoms with Crippen LogP contribution in [0.4, 0.5) is 11.4 Å². The van der Waals surface area contributed by atoms with Gasteiger partial charge in [-0.05, 0) is 66.8 Å². The predicted octanol–water partition coefficient (Wildman–Crippen LogP) is 9.72. The predicted molar refractivity (Wildman–Crippen MR) is 190 cm³/mol. The zero-order chi connectivity index (χ0) is 34.5. The summed E-state index contributed by atoms with van der Waals surface area (Å²) in [4.78, 5) is 61.2. The molecule has 0 saturated heterocycles. The first-order valence-corrected chi connectivity index (χ1v) is 17.0. The molecule has 228 valence electrons. The first kappa shape index (κ1) is 30.0. The Morgan fingerprint density at radius 1 is 0.612 bits per heavy atom. The summed E-state index contributed by atoms with van der Waals surface area (Å²) in [5.41, 5.74) is 2.78. The van der Waals surface area contributed by atoms with Gasteiger partial charge in [0.15, 0.2) is 34.5 Å². The average Bonchev–Trinajstić information content (AvgIpc) is 3.89. The molecule has 49 heavy (non-hydrogen) atoms. The fourth-order valence-electron chi connectivity index (χ4n) is 6.48. The molecule has 8 nitrogen and oxygen atoms in total. The zero-order valence-corrected chi connectivity index (χ0v) is 27.7. The van der Waals surface area contributed by atoms with Crippen LogP contribution in [0.3, 0.4) is 0 Å². The molecule has 8 rings (SSSR count). The van der Waals surface area contributed by atoms with E-state index in [9.17, 15) is 29.7 Å². The van der Waals surface area contributed by atoms with E-state index in [0.29, 0.717) is 0 Å². The minimum atomic E-state index is -0.474. The van der Waals surface area contributed by atoms with E-state index in [1.165, 1.54) is 46.9 Å². The third-order valence-corrected chi connectivity index (χ3v) is 12.6. The average molecular weight is 687 g/mol. The van der Waals surface area contributed by atoms with Gasteiger partial charge in [0, 0.05) is 51.5 Å². The van der Waals surface area contributed by atoms with Crippen LogP contribution < -0.4 is 0 Å². The Bertz CT molecular complexity index is 2810. The van der Waals surface area contributed by atoms with E-state index in [4.69, 9.17) is 13.1 Å². The second kappa shape index (κ2) is 10.6. The van der Waals surface area contributed by atoms with Gasteiger partial charge in [-0.25, -0.2) is 0 Å². The number of Topliss-reactive ketones (excluding diaryl/α,β-unsaturated/α-hetero) is 4. The summed E-state index contributed by atoms with van der Waals surface area (Å²) in [6.07, 6.45) is 3.17. The number of hydrogen-bond acceptors (Lipinski definition) is 9. The Hall–Kier alpha value is -6.34. The molecule has 2 aliphatic carbocycles. The number of rotatable bonds is 2. The number of thiophene rings is 3.